The Morgan fingerprint density at radius 1 is 0.972 bits per heavy atom. The second kappa shape index (κ2) is 6.01. The van der Waals surface area contributed by atoms with Crippen LogP contribution in [0.2, 0.25) is 0 Å². The zero-order chi connectivity index (χ0) is 24.2. The molecule has 9 atom stereocenters. The lowest BCUT2D eigenvalue weighted by atomic mass is 9.30. The Hall–Kier alpha value is -2.80. The molecule has 182 valence electrons. The number of carbonyl (C=O) groups excluding carboxylic acids is 3. The van der Waals surface area contributed by atoms with Crippen LogP contribution in [0.3, 0.4) is 0 Å². The molecule has 2 aromatic carbocycles. The van der Waals surface area contributed by atoms with E-state index in [1.165, 1.54) is 28.0 Å². The minimum Gasteiger partial charge on any atom is -0.469 e. The van der Waals surface area contributed by atoms with Crippen molar-refractivity contribution >= 4 is 29.7 Å². The molecule has 5 saturated carbocycles. The number of carbonyl (C=O) groups is 3. The van der Waals surface area contributed by atoms with Gasteiger partial charge in [0.05, 0.1) is 12.5 Å². The molecule has 2 heterocycles. The molecule has 5 aliphatic carbocycles. The van der Waals surface area contributed by atoms with E-state index in [-0.39, 0.29) is 46.5 Å². The minimum atomic E-state index is -0.965. The molecule has 0 bridgehead atoms. The summed E-state index contributed by atoms with van der Waals surface area (Å²) in [6.45, 7) is 0. The van der Waals surface area contributed by atoms with Crippen LogP contribution >= 0.6 is 11.8 Å². The highest BCUT2D eigenvalue weighted by Gasteiger charge is 2.99. The van der Waals surface area contributed by atoms with Gasteiger partial charge in [0.1, 0.15) is 5.54 Å². The summed E-state index contributed by atoms with van der Waals surface area (Å²) < 4.78 is 5.32. The van der Waals surface area contributed by atoms with E-state index in [0.29, 0.717) is 30.1 Å². The van der Waals surface area contributed by atoms with Crippen molar-refractivity contribution in [3.63, 3.8) is 0 Å². The predicted octanol–water partition coefficient (Wildman–Crippen LogP) is 3.94. The van der Waals surface area contributed by atoms with Crippen LogP contribution in [-0.4, -0.2) is 30.6 Å². The average Bonchev–Trinajstić information content (AvgIpc) is 3.08. The molecule has 0 aromatic heterocycles. The molecule has 7 aliphatic rings. The van der Waals surface area contributed by atoms with Gasteiger partial charge in [-0.15, -0.1) is 0 Å². The maximum atomic E-state index is 14.0. The average molecular weight is 499 g/mol. The van der Waals surface area contributed by atoms with Gasteiger partial charge in [-0.2, -0.15) is 0 Å². The number of esters is 1. The quantitative estimate of drug-likeness (QED) is 0.493. The van der Waals surface area contributed by atoms with Crippen LogP contribution in [0.1, 0.15) is 36.3 Å². The Morgan fingerprint density at radius 2 is 1.64 bits per heavy atom. The van der Waals surface area contributed by atoms with Crippen LogP contribution in [0.4, 0.5) is 4.79 Å². The molecule has 0 spiro atoms. The van der Waals surface area contributed by atoms with E-state index in [1.807, 2.05) is 0 Å². The molecule has 2 aromatic rings. The van der Waals surface area contributed by atoms with Crippen LogP contribution in [0, 0.1) is 46.3 Å². The van der Waals surface area contributed by atoms with Gasteiger partial charge in [0, 0.05) is 21.1 Å². The molecule has 36 heavy (non-hydrogen) atoms. The van der Waals surface area contributed by atoms with Crippen LogP contribution in [0.15, 0.2) is 58.3 Å². The van der Waals surface area contributed by atoms with Crippen LogP contribution < -0.4 is 10.6 Å². The lowest BCUT2D eigenvalue weighted by Crippen LogP contribution is -2.77. The van der Waals surface area contributed by atoms with Gasteiger partial charge >= 0.3 is 12.0 Å². The summed E-state index contributed by atoms with van der Waals surface area (Å²) in [5.41, 5.74) is 0.875. The van der Waals surface area contributed by atoms with Crippen LogP contribution in [0.5, 0.6) is 0 Å². The summed E-state index contributed by atoms with van der Waals surface area (Å²) in [5, 5.41) is 5.91. The zero-order valence-electron chi connectivity index (χ0n) is 19.8. The number of amides is 3. The maximum absolute atomic E-state index is 14.0. The molecule has 1 saturated heterocycles. The monoisotopic (exact) mass is 498 g/mol. The van der Waals surface area contributed by atoms with Gasteiger partial charge in [-0.1, -0.05) is 48.2 Å². The van der Waals surface area contributed by atoms with Crippen molar-refractivity contribution in [3.8, 4) is 0 Å². The van der Waals surface area contributed by atoms with Gasteiger partial charge in [0.25, 0.3) is 5.91 Å². The van der Waals surface area contributed by atoms with Crippen molar-refractivity contribution in [2.45, 2.75) is 40.5 Å². The van der Waals surface area contributed by atoms with Gasteiger partial charge in [0.15, 0.2) is 0 Å². The second-order valence-electron chi connectivity index (χ2n) is 12.1. The first kappa shape index (κ1) is 20.3. The summed E-state index contributed by atoms with van der Waals surface area (Å²) in [7, 11) is 1.51. The van der Waals surface area contributed by atoms with E-state index in [4.69, 9.17) is 4.74 Å². The topological polar surface area (TPSA) is 84.5 Å². The van der Waals surface area contributed by atoms with Crippen LogP contribution in [0.25, 0.3) is 0 Å². The number of urea groups is 1. The molecule has 2 N–H and O–H groups in total. The predicted molar refractivity (Wildman–Crippen MR) is 130 cm³/mol. The molecule has 3 amide bonds. The van der Waals surface area contributed by atoms with Crippen molar-refractivity contribution in [2.75, 3.05) is 7.11 Å². The first-order valence-electron chi connectivity index (χ1n) is 13.1. The second-order valence-corrected chi connectivity index (χ2v) is 13.2. The van der Waals surface area contributed by atoms with E-state index in [1.54, 1.807) is 11.8 Å². The number of benzene rings is 2. The number of hydrogen-bond donors (Lipinski definition) is 2. The third-order valence-corrected chi connectivity index (χ3v) is 13.0. The third-order valence-electron chi connectivity index (χ3n) is 11.8. The zero-order valence-corrected chi connectivity index (χ0v) is 20.6. The Labute approximate surface area is 212 Å². The van der Waals surface area contributed by atoms with E-state index >= 15 is 0 Å². The van der Waals surface area contributed by atoms with Crippen molar-refractivity contribution < 1.29 is 19.1 Å². The largest absolute Gasteiger partial charge is 0.469 e. The minimum absolute atomic E-state index is 0.00999. The number of nitrogens with one attached hydrogen (secondary N) is 2. The highest BCUT2D eigenvalue weighted by molar-refractivity contribution is 7.99. The molecule has 2 aliphatic heterocycles. The molecule has 6 nitrogen and oxygen atoms in total. The molecule has 0 radical (unpaired) electrons. The summed E-state index contributed by atoms with van der Waals surface area (Å²) in [4.78, 5) is 42.2. The van der Waals surface area contributed by atoms with Gasteiger partial charge in [-0.3, -0.25) is 14.9 Å². The fraction of sp³-hybridized carbons (Fsp3) is 0.483. The van der Waals surface area contributed by atoms with Gasteiger partial charge < -0.3 is 10.1 Å². The summed E-state index contributed by atoms with van der Waals surface area (Å²) in [6, 6.07) is 16.6. The first-order valence-corrected chi connectivity index (χ1v) is 13.9. The van der Waals surface area contributed by atoms with E-state index in [9.17, 15) is 14.4 Å². The third kappa shape index (κ3) is 1.79. The fourth-order valence-corrected chi connectivity index (χ4v) is 12.3. The number of imide groups is 1. The fourth-order valence-electron chi connectivity index (χ4n) is 11.1. The summed E-state index contributed by atoms with van der Waals surface area (Å²) in [6.07, 6.45) is 2.20. The van der Waals surface area contributed by atoms with Crippen LogP contribution in [-0.2, 0) is 14.3 Å². The number of hydrogen-bond acceptors (Lipinski definition) is 5. The van der Waals surface area contributed by atoms with Crippen molar-refractivity contribution in [3.05, 3.63) is 59.7 Å². The molecular weight excluding hydrogens is 472 g/mol. The highest BCUT2D eigenvalue weighted by atomic mass is 32.2. The molecular formula is C29H26N2O4S. The van der Waals surface area contributed by atoms with E-state index in [2.05, 4.69) is 59.2 Å². The Morgan fingerprint density at radius 3 is 2.28 bits per heavy atom. The standard InChI is InChI=1S/C29H26N2O4S/c1-35-25(33)27-11-17-21-22(27)20-16(27)12-28(17,23(20)21)29(24(32)30-26(34)31-29)10-15-13-6-2-4-8-18(13)36-19-9-5-3-7-14(15)19/h2-9,15-17,20-23H,10-12H2,1H3,(H2,30,31,32,34). The first-order chi connectivity index (χ1) is 17.5. The van der Waals surface area contributed by atoms with Crippen molar-refractivity contribution in [2.24, 2.45) is 46.3 Å². The van der Waals surface area contributed by atoms with Gasteiger partial charge in [0.2, 0.25) is 0 Å². The smallest absolute Gasteiger partial charge is 0.322 e. The normalized spacial score (nSPS) is 45.5. The maximum Gasteiger partial charge on any atom is 0.322 e. The highest BCUT2D eigenvalue weighted by Crippen LogP contribution is 2.98. The number of methoxy groups -OCH3 is 1. The SMILES string of the molecule is COC(=O)C12CC3C4C1C1C2CC3(C2(CC3c5ccccc5Sc5ccccc53)NC(=O)NC2=O)C14. The Kier molecular flexibility index (Phi) is 3.39. The van der Waals surface area contributed by atoms with Gasteiger partial charge in [-0.25, -0.2) is 4.79 Å². The lowest BCUT2D eigenvalue weighted by Gasteiger charge is -2.73. The Bertz CT molecular complexity index is 1390. The van der Waals surface area contributed by atoms with Crippen molar-refractivity contribution in [1.29, 1.82) is 0 Å². The van der Waals surface area contributed by atoms with Crippen molar-refractivity contribution in [1.82, 2.24) is 10.6 Å². The molecule has 6 fully saturated rings. The Balaban J connectivity index is 1.20. The number of fused-ring (bicyclic) bond motifs is 4. The van der Waals surface area contributed by atoms with E-state index in [0.717, 1.165) is 12.8 Å². The molecule has 7 heteroatoms. The van der Waals surface area contributed by atoms with Gasteiger partial charge in [-0.05, 0) is 78.0 Å². The van der Waals surface area contributed by atoms with E-state index < -0.39 is 5.54 Å². The molecule has 9 rings (SSSR count). The lowest BCUT2D eigenvalue weighted by molar-refractivity contribution is -0.265. The number of ether oxygens (including phenoxy) is 1. The summed E-state index contributed by atoms with van der Waals surface area (Å²) >= 11 is 1.78. The summed E-state index contributed by atoms with van der Waals surface area (Å²) in [5.74, 6) is 2.20. The number of rotatable bonds is 4. The molecule has 9 unspecified atom stereocenters.